The van der Waals surface area contributed by atoms with Crippen molar-refractivity contribution in [3.05, 3.63) is 60.8 Å². The van der Waals surface area contributed by atoms with Crippen LogP contribution < -0.4 is 5.73 Å². The van der Waals surface area contributed by atoms with E-state index in [4.69, 9.17) is 29.4 Å². The van der Waals surface area contributed by atoms with Gasteiger partial charge in [0.1, 0.15) is 24.2 Å². The second-order valence-electron chi connectivity index (χ2n) is 12.6. The zero-order valence-electron chi connectivity index (χ0n) is 26.4. The Kier molecular flexibility index (Phi) is 13.1. The molecule has 0 aliphatic carbocycles. The predicted octanol–water partition coefficient (Wildman–Crippen LogP) is 0.120. The van der Waals surface area contributed by atoms with Crippen LogP contribution in [0.2, 0.25) is 0 Å². The molecule has 3 unspecified atom stereocenters. The molecule has 262 valence electrons. The molecule has 4 heterocycles. The topological polar surface area (TPSA) is 231 Å². The van der Waals surface area contributed by atoms with Crippen molar-refractivity contribution in [1.29, 1.82) is 0 Å². The van der Waals surface area contributed by atoms with Crippen molar-refractivity contribution in [2.45, 2.75) is 125 Å². The summed E-state index contributed by atoms with van der Waals surface area (Å²) >= 11 is 0. The van der Waals surface area contributed by atoms with Crippen LogP contribution in [0.1, 0.15) is 46.0 Å². The number of cyclic esters (lactones) is 1. The number of carboxylic acids is 1. The molecule has 0 aromatic carbocycles. The molecule has 3 fully saturated rings. The normalized spacial score (nSPS) is 47.2. The van der Waals surface area contributed by atoms with Gasteiger partial charge in [-0.05, 0) is 19.9 Å². The molecule has 4 aliphatic rings. The summed E-state index contributed by atoms with van der Waals surface area (Å²) in [6.07, 6.45) is 5.25. The van der Waals surface area contributed by atoms with E-state index in [2.05, 4.69) is 0 Å². The summed E-state index contributed by atoms with van der Waals surface area (Å²) in [4.78, 5) is 24.4. The van der Waals surface area contributed by atoms with Gasteiger partial charge in [0.15, 0.2) is 12.1 Å². The summed E-state index contributed by atoms with van der Waals surface area (Å²) in [6.45, 7) is 3.34. The minimum Gasteiger partial charge on any atom is -0.481 e. The van der Waals surface area contributed by atoms with E-state index in [0.717, 1.165) is 0 Å². The van der Waals surface area contributed by atoms with E-state index >= 15 is 0 Å². The van der Waals surface area contributed by atoms with Crippen LogP contribution >= 0.6 is 0 Å². The highest BCUT2D eigenvalue weighted by Gasteiger charge is 2.51. The highest BCUT2D eigenvalue weighted by molar-refractivity contribution is 5.82. The molecule has 0 saturated carbocycles. The molecule has 0 aromatic rings. The van der Waals surface area contributed by atoms with Crippen molar-refractivity contribution in [3.63, 3.8) is 0 Å². The molecule has 8 N–H and O–H groups in total. The van der Waals surface area contributed by atoms with Gasteiger partial charge in [-0.3, -0.25) is 4.79 Å². The van der Waals surface area contributed by atoms with Crippen LogP contribution in [0.4, 0.5) is 0 Å². The molecule has 14 nitrogen and oxygen atoms in total. The number of rotatable bonds is 3. The smallest absolute Gasteiger partial charge is 0.330 e. The number of hydrogen-bond acceptors (Lipinski definition) is 13. The molecule has 4 aliphatic heterocycles. The first-order chi connectivity index (χ1) is 22.3. The van der Waals surface area contributed by atoms with Crippen LogP contribution in [0.3, 0.4) is 0 Å². The van der Waals surface area contributed by atoms with E-state index in [1.54, 1.807) is 56.4 Å². The second-order valence-corrected chi connectivity index (χ2v) is 12.6. The van der Waals surface area contributed by atoms with Gasteiger partial charge in [-0.15, -0.1) is 0 Å². The lowest BCUT2D eigenvalue weighted by Gasteiger charge is -2.45. The van der Waals surface area contributed by atoms with Gasteiger partial charge in [-0.25, -0.2) is 4.79 Å². The Morgan fingerprint density at radius 3 is 2.36 bits per heavy atom. The van der Waals surface area contributed by atoms with Crippen LogP contribution in [0, 0.1) is 5.92 Å². The number of carboxylic acid groups (broad SMARTS) is 1. The molecule has 14 atom stereocenters. The first kappa shape index (κ1) is 37.1. The van der Waals surface area contributed by atoms with E-state index in [0.29, 0.717) is 6.42 Å². The van der Waals surface area contributed by atoms with Gasteiger partial charge in [-0.2, -0.15) is 0 Å². The van der Waals surface area contributed by atoms with Gasteiger partial charge >= 0.3 is 11.9 Å². The lowest BCUT2D eigenvalue weighted by atomic mass is 9.83. The van der Waals surface area contributed by atoms with Crippen LogP contribution in [0.25, 0.3) is 0 Å². The molecular formula is C33H47NO13. The molecule has 0 radical (unpaired) electrons. The largest absolute Gasteiger partial charge is 0.481 e. The molecule has 4 rings (SSSR count). The fourth-order valence-electron chi connectivity index (χ4n) is 6.00. The molecular weight excluding hydrogens is 618 g/mol. The van der Waals surface area contributed by atoms with E-state index in [-0.39, 0.29) is 25.4 Å². The Hall–Kier alpha value is -2.76. The molecule has 3 saturated heterocycles. The minimum atomic E-state index is -2.10. The van der Waals surface area contributed by atoms with Crippen molar-refractivity contribution >= 4 is 11.9 Å². The maximum absolute atomic E-state index is 12.3. The highest BCUT2D eigenvalue weighted by Crippen LogP contribution is 2.39. The molecule has 47 heavy (non-hydrogen) atoms. The van der Waals surface area contributed by atoms with E-state index in [1.807, 2.05) is 6.08 Å². The first-order valence-electron chi connectivity index (χ1n) is 15.9. The Balaban J connectivity index is 1.58. The summed E-state index contributed by atoms with van der Waals surface area (Å²) in [5.41, 5.74) is 5.98. The summed E-state index contributed by atoms with van der Waals surface area (Å²) in [6, 6.07) is -1.08. The van der Waals surface area contributed by atoms with Crippen LogP contribution in [-0.2, 0) is 33.3 Å². The number of epoxide rings is 1. The standard InChI is InChI=1S/C33H47NO13/c1-18-10-8-6-4-3-5-7-9-11-21(45-32-30(39)28(34)29(38)19(2)44-32)15-25-27(31(40)41)22(36)17-33(42,47-25)16-20(35)14-24-23(46-24)12-13-26(37)43-18/h3-9,11-13,18-25,27-30,32,35-36,38-39,42H,10,14-17,34H2,1-2H3,(H,40,41)/b4-3+,7-5+,8-6+,11-9+,13-12+/t18-,19?,20+,21+,22+,23-,24-,25+,27-,28?,29-,30?,32+,33-/m1/s1. The van der Waals surface area contributed by atoms with E-state index in [1.165, 1.54) is 12.2 Å². The third-order valence-corrected chi connectivity index (χ3v) is 8.58. The zero-order chi connectivity index (χ0) is 34.3. The molecule has 0 spiro atoms. The fraction of sp³-hybridized carbons (Fsp3) is 0.636. The summed E-state index contributed by atoms with van der Waals surface area (Å²) in [5, 5.41) is 63.9. The number of hydrogen-bond donors (Lipinski definition) is 7. The van der Waals surface area contributed by atoms with Gasteiger partial charge in [0.05, 0.1) is 48.8 Å². The van der Waals surface area contributed by atoms with Gasteiger partial charge in [0.2, 0.25) is 0 Å². The number of esters is 1. The second kappa shape index (κ2) is 16.6. The predicted molar refractivity (Wildman–Crippen MR) is 165 cm³/mol. The highest BCUT2D eigenvalue weighted by atomic mass is 16.7. The van der Waals surface area contributed by atoms with Crippen LogP contribution in [0.5, 0.6) is 0 Å². The number of ether oxygens (including phenoxy) is 5. The quantitative estimate of drug-likeness (QED) is 0.157. The lowest BCUT2D eigenvalue weighted by Crippen LogP contribution is -2.61. The first-order valence-corrected chi connectivity index (χ1v) is 15.9. The minimum absolute atomic E-state index is 0.0789. The van der Waals surface area contributed by atoms with Gasteiger partial charge in [0, 0.05) is 38.2 Å². The molecule has 0 amide bonds. The molecule has 2 bridgehead atoms. The molecule has 14 heteroatoms. The number of aliphatic hydroxyl groups excluding tert-OH is 4. The van der Waals surface area contributed by atoms with Crippen molar-refractivity contribution < 1.29 is 63.9 Å². The Labute approximate surface area is 273 Å². The number of carbonyl (C=O) groups is 2. The SMILES string of the molecule is CC1O[C@@H](O[C@H]2/C=C/C=C/C=C/C=C/C[C@@H](C)OC(=O)/C=C/[C@H]3O[C@@H]3C[C@H](O)C[C@]3(O)C[C@H](O)[C@@H](C(=O)O)[C@H](C2)O3)C(O)C(N)[C@@H]1O. The summed E-state index contributed by atoms with van der Waals surface area (Å²) in [7, 11) is 0. The number of nitrogens with two attached hydrogens (primary N) is 1. The van der Waals surface area contributed by atoms with E-state index in [9.17, 15) is 40.2 Å². The summed E-state index contributed by atoms with van der Waals surface area (Å²) < 4.78 is 28.5. The van der Waals surface area contributed by atoms with Crippen molar-refractivity contribution in [2.75, 3.05) is 0 Å². The fourth-order valence-corrected chi connectivity index (χ4v) is 6.00. The third-order valence-electron chi connectivity index (χ3n) is 8.58. The Morgan fingerprint density at radius 2 is 1.64 bits per heavy atom. The number of aliphatic carboxylic acids is 1. The monoisotopic (exact) mass is 665 g/mol. The third kappa shape index (κ3) is 10.6. The number of fused-ring (bicyclic) bond motifs is 3. The van der Waals surface area contributed by atoms with Gasteiger partial charge in [0.25, 0.3) is 0 Å². The van der Waals surface area contributed by atoms with Crippen LogP contribution in [-0.4, -0.2) is 122 Å². The Morgan fingerprint density at radius 1 is 0.936 bits per heavy atom. The maximum atomic E-state index is 12.3. The van der Waals surface area contributed by atoms with Crippen molar-refractivity contribution in [1.82, 2.24) is 0 Å². The van der Waals surface area contributed by atoms with E-state index < -0.39 is 97.3 Å². The average molecular weight is 666 g/mol. The maximum Gasteiger partial charge on any atom is 0.330 e. The number of allylic oxidation sites excluding steroid dienone is 6. The van der Waals surface area contributed by atoms with Crippen molar-refractivity contribution in [2.24, 2.45) is 11.7 Å². The zero-order valence-corrected chi connectivity index (χ0v) is 26.4. The summed E-state index contributed by atoms with van der Waals surface area (Å²) in [5.74, 6) is -5.45. The Bertz CT molecular complexity index is 1220. The van der Waals surface area contributed by atoms with Crippen LogP contribution in [0.15, 0.2) is 60.8 Å². The average Bonchev–Trinajstić information content (AvgIpc) is 3.72. The van der Waals surface area contributed by atoms with Gasteiger partial charge < -0.3 is 60.1 Å². The lowest BCUT2D eigenvalue weighted by molar-refractivity contribution is -0.308. The van der Waals surface area contributed by atoms with Gasteiger partial charge in [-0.1, -0.05) is 48.6 Å². The van der Waals surface area contributed by atoms with Crippen molar-refractivity contribution in [3.8, 4) is 0 Å². The number of aliphatic hydroxyl groups is 5. The molecule has 0 aromatic heterocycles. The number of carbonyl (C=O) groups excluding carboxylic acids is 1.